The summed E-state index contributed by atoms with van der Waals surface area (Å²) in [5.41, 5.74) is 0. The highest BCUT2D eigenvalue weighted by Crippen LogP contribution is 2.18. The normalized spacial score (nSPS) is 23.2. The molecule has 0 aromatic heterocycles. The second-order valence-electron chi connectivity index (χ2n) is 6.55. The van der Waals surface area contributed by atoms with Gasteiger partial charge in [0.15, 0.2) is 0 Å². The fourth-order valence-corrected chi connectivity index (χ4v) is 3.04. The molecule has 1 N–H and O–H groups in total. The van der Waals surface area contributed by atoms with Gasteiger partial charge in [0.2, 0.25) is 0 Å². The lowest BCUT2D eigenvalue weighted by atomic mass is 9.94. The van der Waals surface area contributed by atoms with Crippen LogP contribution in [-0.2, 0) is 0 Å². The second-order valence-corrected chi connectivity index (χ2v) is 6.55. The zero-order chi connectivity index (χ0) is 15.9. The summed E-state index contributed by atoms with van der Waals surface area (Å²) < 4.78 is 0. The molecule has 0 saturated carbocycles. The molecule has 0 amide bonds. The lowest BCUT2D eigenvalue weighted by Gasteiger charge is -2.29. The van der Waals surface area contributed by atoms with E-state index in [1.54, 1.807) is 0 Å². The quantitative estimate of drug-likeness (QED) is 0.267. The molecular weight excluding hydrogens is 266 g/mol. The van der Waals surface area contributed by atoms with Gasteiger partial charge in [-0.2, -0.15) is 0 Å². The maximum Gasteiger partial charge on any atom is 0.0255 e. The first kappa shape index (κ1) is 19.2. The summed E-state index contributed by atoms with van der Waals surface area (Å²) in [5, 5.41) is 3.81. The van der Waals surface area contributed by atoms with Gasteiger partial charge in [-0.15, -0.1) is 0 Å². The molecule has 0 aromatic carbocycles. The van der Waals surface area contributed by atoms with Gasteiger partial charge in [0.1, 0.15) is 0 Å². The van der Waals surface area contributed by atoms with E-state index in [1.165, 1.54) is 64.2 Å². The molecule has 0 aromatic rings. The Balaban J connectivity index is 2.13. The van der Waals surface area contributed by atoms with Gasteiger partial charge in [-0.05, 0) is 38.5 Å². The molecule has 2 atom stereocenters. The fourth-order valence-electron chi connectivity index (χ4n) is 3.04. The number of nitrogens with one attached hydrogen (secondary N) is 1. The minimum Gasteiger partial charge on any atom is -0.308 e. The number of piperidine rings is 1. The van der Waals surface area contributed by atoms with Crippen LogP contribution in [0.1, 0.15) is 84.5 Å². The molecule has 0 spiro atoms. The van der Waals surface area contributed by atoms with E-state index >= 15 is 0 Å². The standard InChI is InChI=1S/C21H37N/c1-3-5-7-8-9-10-11-12-14-17-21-19-15-18-20(22-21)16-13-6-4-2/h7-8,11-12,14,17,20-22H,3-6,9-10,13,15-16,18-19H2,1-2H3/b8-7-,12-11+,17-14+. The van der Waals surface area contributed by atoms with Gasteiger partial charge in [0.25, 0.3) is 0 Å². The minimum atomic E-state index is 0.592. The van der Waals surface area contributed by atoms with Crippen molar-refractivity contribution in [2.45, 2.75) is 96.6 Å². The zero-order valence-corrected chi connectivity index (χ0v) is 14.9. The van der Waals surface area contributed by atoms with Crippen molar-refractivity contribution in [3.8, 4) is 0 Å². The van der Waals surface area contributed by atoms with E-state index in [-0.39, 0.29) is 0 Å². The topological polar surface area (TPSA) is 12.0 Å². The van der Waals surface area contributed by atoms with E-state index in [4.69, 9.17) is 0 Å². The van der Waals surface area contributed by atoms with Crippen LogP contribution in [0.2, 0.25) is 0 Å². The Bertz CT molecular complexity index is 327. The SMILES string of the molecule is CCC/C=C\CC/C=C/C=C/C1CCCC(CCCCC)N1. The summed E-state index contributed by atoms with van der Waals surface area (Å²) in [6.45, 7) is 4.51. The van der Waals surface area contributed by atoms with Gasteiger partial charge in [-0.1, -0.05) is 82.4 Å². The molecule has 1 fully saturated rings. The molecule has 126 valence electrons. The van der Waals surface area contributed by atoms with Crippen molar-refractivity contribution < 1.29 is 0 Å². The largest absolute Gasteiger partial charge is 0.308 e. The Morgan fingerprint density at radius 2 is 1.68 bits per heavy atom. The van der Waals surface area contributed by atoms with Crippen LogP contribution in [0.15, 0.2) is 36.5 Å². The summed E-state index contributed by atoms with van der Waals surface area (Å²) in [6, 6.07) is 1.34. The number of rotatable bonds is 11. The highest BCUT2D eigenvalue weighted by Gasteiger charge is 2.17. The Morgan fingerprint density at radius 1 is 0.864 bits per heavy atom. The van der Waals surface area contributed by atoms with E-state index in [2.05, 4.69) is 55.6 Å². The van der Waals surface area contributed by atoms with E-state index in [0.29, 0.717) is 6.04 Å². The minimum absolute atomic E-state index is 0.592. The lowest BCUT2D eigenvalue weighted by Crippen LogP contribution is -2.41. The van der Waals surface area contributed by atoms with Crippen LogP contribution in [0, 0.1) is 0 Å². The molecule has 1 aliphatic rings. The Labute approximate surface area is 139 Å². The molecular formula is C21H37N. The van der Waals surface area contributed by atoms with Crippen LogP contribution in [0.3, 0.4) is 0 Å². The molecule has 1 aliphatic heterocycles. The molecule has 1 saturated heterocycles. The second kappa shape index (κ2) is 13.8. The van der Waals surface area contributed by atoms with Crippen LogP contribution >= 0.6 is 0 Å². The first-order chi connectivity index (χ1) is 10.9. The van der Waals surface area contributed by atoms with Gasteiger partial charge in [-0.3, -0.25) is 0 Å². The third-order valence-electron chi connectivity index (χ3n) is 4.39. The molecule has 0 bridgehead atoms. The summed E-state index contributed by atoms with van der Waals surface area (Å²) >= 11 is 0. The number of hydrogen-bond donors (Lipinski definition) is 1. The molecule has 1 heterocycles. The summed E-state index contributed by atoms with van der Waals surface area (Å²) in [6.07, 6.45) is 28.0. The Morgan fingerprint density at radius 3 is 2.50 bits per heavy atom. The van der Waals surface area contributed by atoms with E-state index in [0.717, 1.165) is 12.5 Å². The zero-order valence-electron chi connectivity index (χ0n) is 14.9. The van der Waals surface area contributed by atoms with Gasteiger partial charge in [-0.25, -0.2) is 0 Å². The van der Waals surface area contributed by atoms with Crippen LogP contribution in [0.25, 0.3) is 0 Å². The fraction of sp³-hybridized carbons (Fsp3) is 0.714. The number of allylic oxidation sites excluding steroid dienone is 5. The maximum atomic E-state index is 3.81. The van der Waals surface area contributed by atoms with Gasteiger partial charge < -0.3 is 5.32 Å². The predicted octanol–water partition coefficient (Wildman–Crippen LogP) is 6.33. The molecule has 1 heteroatoms. The summed E-state index contributed by atoms with van der Waals surface area (Å²) in [4.78, 5) is 0. The number of hydrogen-bond acceptors (Lipinski definition) is 1. The van der Waals surface area contributed by atoms with Crippen molar-refractivity contribution in [1.29, 1.82) is 0 Å². The molecule has 1 nitrogen and oxygen atoms in total. The predicted molar refractivity (Wildman–Crippen MR) is 100 cm³/mol. The molecule has 0 radical (unpaired) electrons. The Kier molecular flexibility index (Phi) is 12.1. The maximum absolute atomic E-state index is 3.81. The van der Waals surface area contributed by atoms with Crippen molar-refractivity contribution in [2.75, 3.05) is 0 Å². The highest BCUT2D eigenvalue weighted by atomic mass is 15.0. The first-order valence-corrected chi connectivity index (χ1v) is 9.61. The average molecular weight is 304 g/mol. The van der Waals surface area contributed by atoms with Crippen molar-refractivity contribution in [3.05, 3.63) is 36.5 Å². The third kappa shape index (κ3) is 10.00. The van der Waals surface area contributed by atoms with E-state index < -0.39 is 0 Å². The first-order valence-electron chi connectivity index (χ1n) is 9.61. The van der Waals surface area contributed by atoms with Crippen LogP contribution < -0.4 is 5.32 Å². The third-order valence-corrected chi connectivity index (χ3v) is 4.39. The Hall–Kier alpha value is -0.820. The number of unbranched alkanes of at least 4 members (excludes halogenated alkanes) is 4. The average Bonchev–Trinajstić information content (AvgIpc) is 2.54. The van der Waals surface area contributed by atoms with E-state index in [9.17, 15) is 0 Å². The van der Waals surface area contributed by atoms with Gasteiger partial charge in [0, 0.05) is 12.1 Å². The van der Waals surface area contributed by atoms with Gasteiger partial charge in [0.05, 0.1) is 0 Å². The van der Waals surface area contributed by atoms with Crippen molar-refractivity contribution in [3.63, 3.8) is 0 Å². The molecule has 22 heavy (non-hydrogen) atoms. The van der Waals surface area contributed by atoms with Crippen molar-refractivity contribution >= 4 is 0 Å². The van der Waals surface area contributed by atoms with Crippen LogP contribution in [-0.4, -0.2) is 12.1 Å². The molecule has 1 rings (SSSR count). The summed E-state index contributed by atoms with van der Waals surface area (Å²) in [5.74, 6) is 0. The molecule has 0 aliphatic carbocycles. The summed E-state index contributed by atoms with van der Waals surface area (Å²) in [7, 11) is 0. The monoisotopic (exact) mass is 303 g/mol. The van der Waals surface area contributed by atoms with Crippen LogP contribution in [0.4, 0.5) is 0 Å². The lowest BCUT2D eigenvalue weighted by molar-refractivity contribution is 0.333. The van der Waals surface area contributed by atoms with Crippen LogP contribution in [0.5, 0.6) is 0 Å². The smallest absolute Gasteiger partial charge is 0.0255 e. The van der Waals surface area contributed by atoms with Crippen molar-refractivity contribution in [2.24, 2.45) is 0 Å². The van der Waals surface area contributed by atoms with Gasteiger partial charge >= 0.3 is 0 Å². The highest BCUT2D eigenvalue weighted by molar-refractivity contribution is 5.07. The van der Waals surface area contributed by atoms with Crippen molar-refractivity contribution in [1.82, 2.24) is 5.32 Å². The molecule has 2 unspecified atom stereocenters. The van der Waals surface area contributed by atoms with E-state index in [1.807, 2.05) is 0 Å².